The number of halogens is 1. The van der Waals surface area contributed by atoms with E-state index in [0.29, 0.717) is 12.0 Å². The van der Waals surface area contributed by atoms with E-state index in [0.717, 1.165) is 18.1 Å². The average Bonchev–Trinajstić information content (AvgIpc) is 2.68. The molecular weight excluding hydrogens is 301 g/mol. The number of hydrogen-bond acceptors (Lipinski definition) is 2. The molecule has 1 aliphatic heterocycles. The predicted octanol–water partition coefficient (Wildman–Crippen LogP) is 3.09. The molecule has 80 valence electrons. The van der Waals surface area contributed by atoms with Gasteiger partial charge >= 0.3 is 0 Å². The van der Waals surface area contributed by atoms with Crippen LogP contribution in [0.4, 0.5) is 0 Å². The summed E-state index contributed by atoms with van der Waals surface area (Å²) in [7, 11) is 0. The van der Waals surface area contributed by atoms with Crippen LogP contribution in [0.25, 0.3) is 0 Å². The van der Waals surface area contributed by atoms with Crippen LogP contribution in [0.1, 0.15) is 19.4 Å². The molecular formula is C12H14INO. The van der Waals surface area contributed by atoms with E-state index in [1.807, 2.05) is 0 Å². The van der Waals surface area contributed by atoms with Crippen molar-refractivity contribution in [2.75, 3.05) is 6.61 Å². The third kappa shape index (κ3) is 2.51. The van der Waals surface area contributed by atoms with Crippen LogP contribution >= 0.6 is 22.6 Å². The van der Waals surface area contributed by atoms with Gasteiger partial charge in [-0.3, -0.25) is 0 Å². The zero-order valence-electron chi connectivity index (χ0n) is 8.90. The van der Waals surface area contributed by atoms with Crippen molar-refractivity contribution in [1.82, 2.24) is 0 Å². The molecule has 2 nitrogen and oxygen atoms in total. The van der Waals surface area contributed by atoms with Crippen LogP contribution in [0.15, 0.2) is 29.3 Å². The fraction of sp³-hybridized carbons (Fsp3) is 0.417. The Morgan fingerprint density at radius 2 is 2.00 bits per heavy atom. The summed E-state index contributed by atoms with van der Waals surface area (Å²) in [5.41, 5.74) is 1.08. The first-order chi connectivity index (χ1) is 7.16. The Balaban J connectivity index is 2.19. The highest BCUT2D eigenvalue weighted by Crippen LogP contribution is 2.18. The van der Waals surface area contributed by atoms with Crippen molar-refractivity contribution in [2.24, 2.45) is 10.9 Å². The fourth-order valence-corrected chi connectivity index (χ4v) is 1.84. The van der Waals surface area contributed by atoms with Gasteiger partial charge in [0.2, 0.25) is 5.90 Å². The first kappa shape index (κ1) is 10.9. The van der Waals surface area contributed by atoms with Crippen LogP contribution in [0, 0.1) is 9.49 Å². The van der Waals surface area contributed by atoms with Gasteiger partial charge in [0.05, 0.1) is 6.04 Å². The van der Waals surface area contributed by atoms with E-state index in [2.05, 4.69) is 65.7 Å². The SMILES string of the molecule is CC(C)[C@@H]1COC(c2ccc(I)cc2)=N1. The van der Waals surface area contributed by atoms with Crippen LogP contribution in [-0.4, -0.2) is 18.5 Å². The number of ether oxygens (including phenoxy) is 1. The van der Waals surface area contributed by atoms with Crippen molar-refractivity contribution < 1.29 is 4.74 Å². The highest BCUT2D eigenvalue weighted by atomic mass is 127. The molecule has 0 amide bonds. The minimum absolute atomic E-state index is 0.319. The maximum atomic E-state index is 5.60. The second kappa shape index (κ2) is 4.51. The van der Waals surface area contributed by atoms with Gasteiger partial charge in [0.25, 0.3) is 0 Å². The number of benzene rings is 1. The molecule has 1 atom stereocenters. The predicted molar refractivity (Wildman–Crippen MR) is 70.3 cm³/mol. The first-order valence-electron chi connectivity index (χ1n) is 5.13. The Morgan fingerprint density at radius 1 is 1.33 bits per heavy atom. The monoisotopic (exact) mass is 315 g/mol. The molecule has 0 fully saturated rings. The van der Waals surface area contributed by atoms with Crippen molar-refractivity contribution in [3.8, 4) is 0 Å². The molecule has 15 heavy (non-hydrogen) atoms. The standard InChI is InChI=1S/C12H14INO/c1-8(2)11-7-15-12(14-11)9-3-5-10(13)6-4-9/h3-6,8,11H,7H2,1-2H3/t11-/m0/s1. The van der Waals surface area contributed by atoms with E-state index in [-0.39, 0.29) is 0 Å². The Bertz CT molecular complexity index is 370. The quantitative estimate of drug-likeness (QED) is 0.769. The summed E-state index contributed by atoms with van der Waals surface area (Å²) in [5, 5.41) is 0. The zero-order valence-corrected chi connectivity index (χ0v) is 11.1. The van der Waals surface area contributed by atoms with Crippen LogP contribution in [0.3, 0.4) is 0 Å². The van der Waals surface area contributed by atoms with Gasteiger partial charge in [-0.2, -0.15) is 0 Å². The molecule has 1 aromatic carbocycles. The lowest BCUT2D eigenvalue weighted by atomic mass is 10.1. The fourth-order valence-electron chi connectivity index (χ4n) is 1.48. The van der Waals surface area contributed by atoms with Crippen molar-refractivity contribution in [3.63, 3.8) is 0 Å². The Morgan fingerprint density at radius 3 is 2.53 bits per heavy atom. The Labute approximate surface area is 104 Å². The zero-order chi connectivity index (χ0) is 10.8. The van der Waals surface area contributed by atoms with Crippen molar-refractivity contribution in [1.29, 1.82) is 0 Å². The minimum Gasteiger partial charge on any atom is -0.475 e. The summed E-state index contributed by atoms with van der Waals surface area (Å²) in [4.78, 5) is 4.58. The molecule has 0 saturated heterocycles. The van der Waals surface area contributed by atoms with E-state index >= 15 is 0 Å². The molecule has 0 unspecified atom stereocenters. The summed E-state index contributed by atoms with van der Waals surface area (Å²) < 4.78 is 6.83. The third-order valence-corrected chi connectivity index (χ3v) is 3.25. The highest BCUT2D eigenvalue weighted by molar-refractivity contribution is 14.1. The van der Waals surface area contributed by atoms with E-state index in [9.17, 15) is 0 Å². The number of hydrogen-bond donors (Lipinski definition) is 0. The second-order valence-electron chi connectivity index (χ2n) is 4.06. The van der Waals surface area contributed by atoms with Gasteiger partial charge in [-0.05, 0) is 52.8 Å². The van der Waals surface area contributed by atoms with Gasteiger partial charge < -0.3 is 4.74 Å². The maximum Gasteiger partial charge on any atom is 0.216 e. The number of rotatable bonds is 2. The Kier molecular flexibility index (Phi) is 3.29. The van der Waals surface area contributed by atoms with E-state index < -0.39 is 0 Å². The molecule has 0 aliphatic carbocycles. The normalized spacial score (nSPS) is 20.3. The molecule has 0 spiro atoms. The summed E-state index contributed by atoms with van der Waals surface area (Å²) in [5.74, 6) is 1.34. The van der Waals surface area contributed by atoms with Crippen molar-refractivity contribution in [2.45, 2.75) is 19.9 Å². The van der Waals surface area contributed by atoms with Gasteiger partial charge in [0.1, 0.15) is 6.61 Å². The van der Waals surface area contributed by atoms with Gasteiger partial charge in [-0.1, -0.05) is 13.8 Å². The summed E-state index contributed by atoms with van der Waals surface area (Å²) >= 11 is 2.29. The van der Waals surface area contributed by atoms with Gasteiger partial charge in [0.15, 0.2) is 0 Å². The van der Waals surface area contributed by atoms with Gasteiger partial charge in [0, 0.05) is 9.13 Å². The van der Waals surface area contributed by atoms with Crippen molar-refractivity contribution >= 4 is 28.5 Å². The summed E-state index contributed by atoms with van der Waals surface area (Å²) in [6.45, 7) is 5.07. The van der Waals surface area contributed by atoms with E-state index in [1.165, 1.54) is 3.57 Å². The number of nitrogens with zero attached hydrogens (tertiary/aromatic N) is 1. The van der Waals surface area contributed by atoms with Gasteiger partial charge in [-0.25, -0.2) is 4.99 Å². The first-order valence-corrected chi connectivity index (χ1v) is 6.21. The molecule has 1 aromatic rings. The minimum atomic E-state index is 0.319. The molecule has 0 radical (unpaired) electrons. The van der Waals surface area contributed by atoms with Gasteiger partial charge in [-0.15, -0.1) is 0 Å². The topological polar surface area (TPSA) is 21.6 Å². The lowest BCUT2D eigenvalue weighted by molar-refractivity contribution is 0.292. The molecule has 0 N–H and O–H groups in total. The summed E-state index contributed by atoms with van der Waals surface area (Å²) in [6.07, 6.45) is 0. The van der Waals surface area contributed by atoms with Crippen molar-refractivity contribution in [3.05, 3.63) is 33.4 Å². The number of aliphatic imine (C=N–C) groups is 1. The molecule has 1 heterocycles. The van der Waals surface area contributed by atoms with Crippen LogP contribution in [-0.2, 0) is 4.74 Å². The lowest BCUT2D eigenvalue weighted by Gasteiger charge is -2.06. The molecule has 3 heteroatoms. The maximum absolute atomic E-state index is 5.60. The van der Waals surface area contributed by atoms with Crippen LogP contribution < -0.4 is 0 Å². The molecule has 0 aromatic heterocycles. The largest absolute Gasteiger partial charge is 0.475 e. The smallest absolute Gasteiger partial charge is 0.216 e. The molecule has 0 bridgehead atoms. The van der Waals surface area contributed by atoms with E-state index in [1.54, 1.807) is 0 Å². The Hall–Kier alpha value is -0.580. The molecule has 0 saturated carbocycles. The highest BCUT2D eigenvalue weighted by Gasteiger charge is 2.22. The van der Waals surface area contributed by atoms with Crippen LogP contribution in [0.5, 0.6) is 0 Å². The lowest BCUT2D eigenvalue weighted by Crippen LogP contribution is -2.13. The molecule has 2 rings (SSSR count). The third-order valence-electron chi connectivity index (χ3n) is 2.53. The van der Waals surface area contributed by atoms with E-state index in [4.69, 9.17) is 4.74 Å². The van der Waals surface area contributed by atoms with Crippen LogP contribution in [0.2, 0.25) is 0 Å². The second-order valence-corrected chi connectivity index (χ2v) is 5.31. The molecule has 1 aliphatic rings. The summed E-state index contributed by atoms with van der Waals surface area (Å²) in [6, 6.07) is 8.58. The average molecular weight is 315 g/mol.